The molecule has 0 aliphatic heterocycles. The van der Waals surface area contributed by atoms with Gasteiger partial charge in [-0.2, -0.15) is 0 Å². The first kappa shape index (κ1) is 9.04. The lowest BCUT2D eigenvalue weighted by molar-refractivity contribution is -0.769. The molecule has 0 rings (SSSR count). The molecule has 60 valence electrons. The summed E-state index contributed by atoms with van der Waals surface area (Å²) in [5.74, 6) is 9.66. The molecule has 0 aliphatic rings. The van der Waals surface area contributed by atoms with Crippen LogP contribution in [0, 0.1) is 10.1 Å². The summed E-state index contributed by atoms with van der Waals surface area (Å²) in [6.07, 6.45) is -0.917. The van der Waals surface area contributed by atoms with Gasteiger partial charge in [-0.05, 0) is 0 Å². The van der Waals surface area contributed by atoms with Crippen LogP contribution in [0.4, 0.5) is 0 Å². The summed E-state index contributed by atoms with van der Waals surface area (Å²) in [6, 6.07) is 0. The molecule has 1 atom stereocenters. The fraction of sp³-hybridized carbons (Fsp3) is 1.00. The fourth-order valence-electron chi connectivity index (χ4n) is 0.338. The Hall–Kier alpha value is -0.960. The number of hydrogen-bond donors (Lipinski definition) is 4. The molecule has 0 amide bonds. The van der Waals surface area contributed by atoms with Crippen LogP contribution in [0.15, 0.2) is 0 Å². The van der Waals surface area contributed by atoms with E-state index in [4.69, 9.17) is 11.7 Å². The van der Waals surface area contributed by atoms with Crippen molar-refractivity contribution in [1.82, 2.24) is 10.9 Å². The predicted octanol–water partition coefficient (Wildman–Crippen LogP) is -2.55. The van der Waals surface area contributed by atoms with Gasteiger partial charge in [0.1, 0.15) is 0 Å². The van der Waals surface area contributed by atoms with Crippen molar-refractivity contribution in [2.24, 2.45) is 11.7 Å². The molecule has 0 radical (unpaired) electrons. The largest absolute Gasteiger partial charge is 0.296 e. The molecule has 8 nitrogen and oxygen atoms in total. The Morgan fingerprint density at radius 1 is 1.70 bits per heavy atom. The summed E-state index contributed by atoms with van der Waals surface area (Å²) in [5, 5.41) is 8.71. The van der Waals surface area contributed by atoms with E-state index in [-0.39, 0.29) is 6.54 Å². The summed E-state index contributed by atoms with van der Waals surface area (Å²) >= 11 is 0. The van der Waals surface area contributed by atoms with Crippen LogP contribution < -0.4 is 22.5 Å². The normalized spacial score (nSPS) is 12.6. The number of rotatable bonds is 5. The highest BCUT2D eigenvalue weighted by Crippen LogP contribution is 1.81. The molecule has 0 fully saturated rings. The lowest BCUT2D eigenvalue weighted by Gasteiger charge is -2.11. The van der Waals surface area contributed by atoms with E-state index in [2.05, 4.69) is 10.3 Å². The second-order valence-electron chi connectivity index (χ2n) is 1.39. The van der Waals surface area contributed by atoms with Gasteiger partial charge in [-0.15, -0.1) is 10.1 Å². The van der Waals surface area contributed by atoms with Gasteiger partial charge in [0.25, 0.3) is 5.09 Å². The van der Waals surface area contributed by atoms with Gasteiger partial charge in [0.15, 0.2) is 6.23 Å². The van der Waals surface area contributed by atoms with Crippen molar-refractivity contribution < 1.29 is 9.92 Å². The molecule has 1 unspecified atom stereocenters. The molecule has 0 aromatic carbocycles. The van der Waals surface area contributed by atoms with Crippen LogP contribution in [0.5, 0.6) is 0 Å². The quantitative estimate of drug-likeness (QED) is 0.147. The van der Waals surface area contributed by atoms with Gasteiger partial charge in [-0.25, -0.2) is 5.43 Å². The fourth-order valence-corrected chi connectivity index (χ4v) is 0.338. The molecule has 6 N–H and O–H groups in total. The van der Waals surface area contributed by atoms with Gasteiger partial charge in [0, 0.05) is 0 Å². The lowest BCUT2D eigenvalue weighted by Crippen LogP contribution is -2.47. The van der Waals surface area contributed by atoms with Crippen molar-refractivity contribution in [3.05, 3.63) is 10.1 Å². The van der Waals surface area contributed by atoms with Crippen molar-refractivity contribution >= 4 is 0 Å². The first-order valence-corrected chi connectivity index (χ1v) is 2.41. The van der Waals surface area contributed by atoms with E-state index in [0.29, 0.717) is 0 Å². The number of hydrazine groups is 2. The molecule has 0 saturated carbocycles. The average molecular weight is 151 g/mol. The van der Waals surface area contributed by atoms with Crippen molar-refractivity contribution in [2.45, 2.75) is 6.23 Å². The van der Waals surface area contributed by atoms with Gasteiger partial charge in [0.05, 0.1) is 6.54 Å². The zero-order chi connectivity index (χ0) is 7.98. The zero-order valence-electron chi connectivity index (χ0n) is 5.11. The topological polar surface area (TPSA) is 128 Å². The SMILES string of the molecule is NNCC(NN)O[N+](=O)[O-]. The Balaban J connectivity index is 3.49. The first-order valence-electron chi connectivity index (χ1n) is 2.41. The second-order valence-corrected chi connectivity index (χ2v) is 1.39. The average Bonchev–Trinajstić information content (AvgIpc) is 1.86. The first-order chi connectivity index (χ1) is 4.70. The minimum Gasteiger partial charge on any atom is -0.292 e. The van der Waals surface area contributed by atoms with Crippen LogP contribution in [-0.4, -0.2) is 17.9 Å². The van der Waals surface area contributed by atoms with Crippen molar-refractivity contribution in [3.63, 3.8) is 0 Å². The molecule has 0 aromatic heterocycles. The van der Waals surface area contributed by atoms with E-state index in [1.807, 2.05) is 5.43 Å². The van der Waals surface area contributed by atoms with Crippen molar-refractivity contribution in [2.75, 3.05) is 6.54 Å². The number of nitrogens with two attached hydrogens (primary N) is 2. The summed E-state index contributed by atoms with van der Waals surface area (Å²) in [5.41, 5.74) is 4.18. The summed E-state index contributed by atoms with van der Waals surface area (Å²) in [7, 11) is 0. The Labute approximate surface area is 56.5 Å². The molecule has 0 saturated heterocycles. The zero-order valence-corrected chi connectivity index (χ0v) is 5.11. The van der Waals surface area contributed by atoms with Crippen LogP contribution in [0.3, 0.4) is 0 Å². The third-order valence-electron chi connectivity index (χ3n) is 0.702. The minimum atomic E-state index is -0.956. The molecule has 0 spiro atoms. The lowest BCUT2D eigenvalue weighted by atomic mass is 10.6. The highest BCUT2D eigenvalue weighted by atomic mass is 17.0. The highest BCUT2D eigenvalue weighted by molar-refractivity contribution is 4.47. The molecule has 0 aliphatic carbocycles. The Morgan fingerprint density at radius 3 is 2.60 bits per heavy atom. The Morgan fingerprint density at radius 2 is 2.30 bits per heavy atom. The minimum absolute atomic E-state index is 0.0531. The molecule has 0 heterocycles. The van der Waals surface area contributed by atoms with E-state index in [0.717, 1.165) is 0 Å². The molecule has 0 bridgehead atoms. The van der Waals surface area contributed by atoms with E-state index >= 15 is 0 Å². The Bertz CT molecular complexity index is 107. The number of nitrogens with one attached hydrogen (secondary N) is 2. The van der Waals surface area contributed by atoms with Crippen LogP contribution in [-0.2, 0) is 4.84 Å². The predicted molar refractivity (Wildman–Crippen MR) is 31.4 cm³/mol. The van der Waals surface area contributed by atoms with E-state index in [1.165, 1.54) is 0 Å². The maximum Gasteiger partial charge on any atom is 0.296 e. The summed E-state index contributed by atoms with van der Waals surface area (Å²) in [6.45, 7) is 0.0531. The van der Waals surface area contributed by atoms with Crippen LogP contribution in [0.2, 0.25) is 0 Å². The van der Waals surface area contributed by atoms with Gasteiger partial charge in [-0.3, -0.25) is 21.9 Å². The van der Waals surface area contributed by atoms with Crippen LogP contribution in [0.25, 0.3) is 0 Å². The highest BCUT2D eigenvalue weighted by Gasteiger charge is 2.08. The third-order valence-corrected chi connectivity index (χ3v) is 0.702. The molecular weight excluding hydrogens is 142 g/mol. The van der Waals surface area contributed by atoms with E-state index in [9.17, 15) is 10.1 Å². The van der Waals surface area contributed by atoms with Gasteiger partial charge >= 0.3 is 0 Å². The molecule has 8 heteroatoms. The van der Waals surface area contributed by atoms with E-state index < -0.39 is 11.3 Å². The van der Waals surface area contributed by atoms with Gasteiger partial charge < -0.3 is 0 Å². The van der Waals surface area contributed by atoms with Crippen LogP contribution >= 0.6 is 0 Å². The maximum absolute atomic E-state index is 9.66. The van der Waals surface area contributed by atoms with Crippen molar-refractivity contribution in [1.29, 1.82) is 0 Å². The summed E-state index contributed by atoms with van der Waals surface area (Å²) in [4.78, 5) is 13.6. The Kier molecular flexibility index (Phi) is 4.41. The van der Waals surface area contributed by atoms with Gasteiger partial charge in [0.2, 0.25) is 0 Å². The monoisotopic (exact) mass is 151 g/mol. The maximum atomic E-state index is 9.66. The molecular formula is C2H9N5O3. The van der Waals surface area contributed by atoms with Crippen LogP contribution in [0.1, 0.15) is 0 Å². The van der Waals surface area contributed by atoms with Gasteiger partial charge in [-0.1, -0.05) is 0 Å². The number of hydrogen-bond acceptors (Lipinski definition) is 7. The standard InChI is InChI=1S/C2H9N5O3/c3-5-1-2(6-4)10-7(8)9/h2,5-6H,1,3-4H2. The molecule has 10 heavy (non-hydrogen) atoms. The van der Waals surface area contributed by atoms with E-state index in [1.54, 1.807) is 0 Å². The smallest absolute Gasteiger partial charge is 0.292 e. The van der Waals surface area contributed by atoms with Crippen molar-refractivity contribution in [3.8, 4) is 0 Å². The third kappa shape index (κ3) is 3.97. The second kappa shape index (κ2) is 4.88. The number of nitrogens with zero attached hydrogens (tertiary/aromatic N) is 1. The molecule has 0 aromatic rings. The summed E-state index contributed by atoms with van der Waals surface area (Å²) < 4.78 is 0.